The molecule has 2 atom stereocenters. The molecular weight excluding hydrogens is 466 g/mol. The molecule has 0 bridgehead atoms. The lowest BCUT2D eigenvalue weighted by atomic mass is 9.91. The van der Waals surface area contributed by atoms with Gasteiger partial charge in [-0.1, -0.05) is 12.1 Å². The fraction of sp³-hybridized carbons (Fsp3) is 0.526. The highest BCUT2D eigenvalue weighted by atomic mass is 19.4. The van der Waals surface area contributed by atoms with Crippen molar-refractivity contribution in [1.29, 1.82) is 0 Å². The predicted molar refractivity (Wildman–Crippen MR) is 101 cm³/mol. The summed E-state index contributed by atoms with van der Waals surface area (Å²) in [5, 5.41) is 13.4. The van der Waals surface area contributed by atoms with Gasteiger partial charge in [0.25, 0.3) is 5.60 Å². The van der Waals surface area contributed by atoms with E-state index in [4.69, 9.17) is 0 Å². The van der Waals surface area contributed by atoms with Gasteiger partial charge in [0, 0.05) is 18.2 Å². The van der Waals surface area contributed by atoms with Crippen LogP contribution in [0.15, 0.2) is 18.2 Å². The maximum absolute atomic E-state index is 13.9. The fourth-order valence-electron chi connectivity index (χ4n) is 2.76. The van der Waals surface area contributed by atoms with Gasteiger partial charge in [-0.05, 0) is 32.4 Å². The van der Waals surface area contributed by atoms with Crippen LogP contribution < -0.4 is 10.6 Å². The zero-order chi connectivity index (χ0) is 25.8. The number of halogens is 6. The molecule has 0 aliphatic heterocycles. The van der Waals surface area contributed by atoms with E-state index < -0.39 is 65.9 Å². The molecule has 8 nitrogen and oxygen atoms in total. The van der Waals surface area contributed by atoms with E-state index in [0.717, 1.165) is 6.92 Å². The minimum absolute atomic E-state index is 0.345. The van der Waals surface area contributed by atoms with E-state index in [1.807, 2.05) is 0 Å². The number of aryl methyl sites for hydroxylation is 1. The maximum Gasteiger partial charge on any atom is 0.441 e. The van der Waals surface area contributed by atoms with Crippen LogP contribution >= 0.6 is 0 Å². The standard InChI is InChI=1S/C19H22F6N2O6/c1-5-32-14(29)16(31,18(20,21)22)12-7-8-13(10(3)9-12)27-17(19(23,24)25,26-11(4)28)15(30)33-6-2/h7-9,27,31H,5-6H2,1-4H3,(H,26,28)/t16-,17-/m1/s1. The van der Waals surface area contributed by atoms with Crippen LogP contribution in [0.1, 0.15) is 31.9 Å². The van der Waals surface area contributed by atoms with Crippen molar-refractivity contribution in [2.75, 3.05) is 18.5 Å². The number of carbonyl (C=O) groups excluding carboxylic acids is 3. The monoisotopic (exact) mass is 488 g/mol. The third kappa shape index (κ3) is 5.49. The summed E-state index contributed by atoms with van der Waals surface area (Å²) < 4.78 is 91.1. The highest BCUT2D eigenvalue weighted by molar-refractivity contribution is 5.91. The van der Waals surface area contributed by atoms with Crippen molar-refractivity contribution in [3.8, 4) is 0 Å². The van der Waals surface area contributed by atoms with Crippen LogP contribution in [-0.4, -0.2) is 54.2 Å². The second-order valence-corrected chi connectivity index (χ2v) is 6.73. The summed E-state index contributed by atoms with van der Waals surface area (Å²) in [6, 6.07) is 1.79. The van der Waals surface area contributed by atoms with Crippen LogP contribution in [0.2, 0.25) is 0 Å². The largest absolute Gasteiger partial charge is 0.463 e. The number of hydrogen-bond donors (Lipinski definition) is 3. The third-order valence-corrected chi connectivity index (χ3v) is 4.32. The molecular formula is C19H22F6N2O6. The number of carbonyl (C=O) groups is 3. The molecule has 14 heteroatoms. The number of esters is 2. The van der Waals surface area contributed by atoms with E-state index in [9.17, 15) is 45.8 Å². The van der Waals surface area contributed by atoms with Crippen LogP contribution in [0.4, 0.5) is 32.0 Å². The molecule has 0 aliphatic rings. The number of alkyl halides is 6. The summed E-state index contributed by atoms with van der Waals surface area (Å²) in [5.74, 6) is -5.22. The summed E-state index contributed by atoms with van der Waals surface area (Å²) in [6.07, 6.45) is -11.0. The van der Waals surface area contributed by atoms with Crippen molar-refractivity contribution < 1.29 is 55.3 Å². The van der Waals surface area contributed by atoms with Gasteiger partial charge in [-0.25, -0.2) is 9.59 Å². The van der Waals surface area contributed by atoms with Crippen LogP contribution in [0.5, 0.6) is 0 Å². The summed E-state index contributed by atoms with van der Waals surface area (Å²) in [6.45, 7) is 3.23. The number of rotatable bonds is 8. The molecule has 0 spiro atoms. The molecule has 0 saturated carbocycles. The number of anilines is 1. The molecule has 186 valence electrons. The average Bonchev–Trinajstić information content (AvgIpc) is 2.66. The molecule has 0 aliphatic carbocycles. The van der Waals surface area contributed by atoms with E-state index in [1.165, 1.54) is 19.2 Å². The van der Waals surface area contributed by atoms with Crippen LogP contribution in [0.3, 0.4) is 0 Å². The van der Waals surface area contributed by atoms with Crippen molar-refractivity contribution in [1.82, 2.24) is 5.32 Å². The topological polar surface area (TPSA) is 114 Å². The second-order valence-electron chi connectivity index (χ2n) is 6.73. The third-order valence-electron chi connectivity index (χ3n) is 4.32. The first-order valence-corrected chi connectivity index (χ1v) is 9.36. The first-order valence-electron chi connectivity index (χ1n) is 9.36. The van der Waals surface area contributed by atoms with Crippen molar-refractivity contribution in [3.63, 3.8) is 0 Å². The quantitative estimate of drug-likeness (QED) is 0.293. The average molecular weight is 488 g/mol. The van der Waals surface area contributed by atoms with Crippen molar-refractivity contribution in [2.24, 2.45) is 0 Å². The van der Waals surface area contributed by atoms with E-state index in [2.05, 4.69) is 9.47 Å². The molecule has 0 saturated heterocycles. The van der Waals surface area contributed by atoms with Gasteiger partial charge in [-0.15, -0.1) is 0 Å². The van der Waals surface area contributed by atoms with Gasteiger partial charge >= 0.3 is 30.0 Å². The minimum Gasteiger partial charge on any atom is -0.463 e. The molecule has 1 amide bonds. The number of amides is 1. The van der Waals surface area contributed by atoms with Crippen molar-refractivity contribution >= 4 is 23.5 Å². The summed E-state index contributed by atoms with van der Waals surface area (Å²) in [4.78, 5) is 35.6. The van der Waals surface area contributed by atoms with Crippen LogP contribution in [0, 0.1) is 6.92 Å². The van der Waals surface area contributed by atoms with Crippen molar-refractivity contribution in [3.05, 3.63) is 29.3 Å². The number of benzene rings is 1. The Morgan fingerprint density at radius 2 is 1.45 bits per heavy atom. The lowest BCUT2D eigenvalue weighted by Gasteiger charge is -2.35. The van der Waals surface area contributed by atoms with E-state index in [-0.39, 0.29) is 5.56 Å². The molecule has 1 rings (SSSR count). The second kappa shape index (κ2) is 9.85. The predicted octanol–water partition coefficient (Wildman–Crippen LogP) is 2.68. The Morgan fingerprint density at radius 1 is 0.939 bits per heavy atom. The lowest BCUT2D eigenvalue weighted by Crippen LogP contribution is -2.69. The first kappa shape index (κ1) is 28.0. The van der Waals surface area contributed by atoms with Gasteiger partial charge in [-0.2, -0.15) is 26.3 Å². The Bertz CT molecular complexity index is 904. The number of nitrogens with one attached hydrogen (secondary N) is 2. The lowest BCUT2D eigenvalue weighted by molar-refractivity contribution is -0.267. The zero-order valence-electron chi connectivity index (χ0n) is 17.9. The highest BCUT2D eigenvalue weighted by Gasteiger charge is 2.64. The van der Waals surface area contributed by atoms with Gasteiger partial charge in [0.15, 0.2) is 0 Å². The van der Waals surface area contributed by atoms with Gasteiger partial charge in [0.05, 0.1) is 13.2 Å². The summed E-state index contributed by atoms with van der Waals surface area (Å²) >= 11 is 0. The van der Waals surface area contributed by atoms with Gasteiger partial charge in [0.1, 0.15) is 0 Å². The molecule has 3 N–H and O–H groups in total. The molecule has 1 aromatic rings. The number of ether oxygens (including phenoxy) is 2. The van der Waals surface area contributed by atoms with Crippen LogP contribution in [-0.2, 0) is 29.5 Å². The Balaban J connectivity index is 3.63. The first-order chi connectivity index (χ1) is 15.0. The molecule has 0 fully saturated rings. The molecule has 0 heterocycles. The SMILES string of the molecule is CCOC(=O)[C@@](NC(C)=O)(Nc1ccc([C@@](O)(C(=O)OCC)C(F)(F)F)cc1C)C(F)(F)F. The van der Waals surface area contributed by atoms with Crippen LogP contribution in [0.25, 0.3) is 0 Å². The molecule has 1 aromatic carbocycles. The Morgan fingerprint density at radius 3 is 1.85 bits per heavy atom. The number of aliphatic hydroxyl groups is 1. The van der Waals surface area contributed by atoms with Crippen molar-refractivity contribution in [2.45, 2.75) is 51.3 Å². The highest BCUT2D eigenvalue weighted by Crippen LogP contribution is 2.42. The minimum atomic E-state index is -5.53. The fourth-order valence-corrected chi connectivity index (χ4v) is 2.76. The normalized spacial score (nSPS) is 15.6. The molecule has 33 heavy (non-hydrogen) atoms. The van der Waals surface area contributed by atoms with Gasteiger partial charge in [-0.3, -0.25) is 4.79 Å². The number of hydrogen-bond acceptors (Lipinski definition) is 7. The van der Waals surface area contributed by atoms with E-state index in [0.29, 0.717) is 25.1 Å². The molecule has 0 unspecified atom stereocenters. The maximum atomic E-state index is 13.9. The molecule has 0 aromatic heterocycles. The summed E-state index contributed by atoms with van der Waals surface area (Å²) in [7, 11) is 0. The summed E-state index contributed by atoms with van der Waals surface area (Å²) in [5.41, 5.74) is -9.81. The van der Waals surface area contributed by atoms with Gasteiger partial charge < -0.3 is 25.2 Å². The molecule has 0 radical (unpaired) electrons. The van der Waals surface area contributed by atoms with E-state index in [1.54, 1.807) is 5.32 Å². The Labute approximate surface area is 184 Å². The van der Waals surface area contributed by atoms with E-state index >= 15 is 0 Å². The smallest absolute Gasteiger partial charge is 0.441 e. The van der Waals surface area contributed by atoms with Gasteiger partial charge in [0.2, 0.25) is 5.91 Å². The Kier molecular flexibility index (Phi) is 8.36. The Hall–Kier alpha value is -3.03. The zero-order valence-corrected chi connectivity index (χ0v) is 17.9.